The molecule has 2 unspecified atom stereocenters. The Balaban J connectivity index is 1.80. The minimum Gasteiger partial charge on any atom is -0.360 e. The fraction of sp³-hybridized carbons (Fsp3) is 0.769. The largest absolute Gasteiger partial charge is 0.360 e. The van der Waals surface area contributed by atoms with Crippen LogP contribution >= 0.6 is 0 Å². The van der Waals surface area contributed by atoms with Crippen molar-refractivity contribution in [1.82, 2.24) is 10.5 Å². The van der Waals surface area contributed by atoms with Gasteiger partial charge in [-0.05, 0) is 46.0 Å². The van der Waals surface area contributed by atoms with Crippen LogP contribution in [-0.2, 0) is 6.54 Å². The van der Waals surface area contributed by atoms with Gasteiger partial charge >= 0.3 is 0 Å². The maximum Gasteiger partial charge on any atom is 0.143 e. The smallest absolute Gasteiger partial charge is 0.143 e. The molecule has 1 heterocycles. The summed E-state index contributed by atoms with van der Waals surface area (Å²) in [7, 11) is 0. The van der Waals surface area contributed by atoms with Gasteiger partial charge in [0.25, 0.3) is 0 Å². The van der Waals surface area contributed by atoms with Gasteiger partial charge in [0.15, 0.2) is 0 Å². The molecule has 88 valence electrons. The van der Waals surface area contributed by atoms with E-state index in [-0.39, 0.29) is 5.54 Å². The summed E-state index contributed by atoms with van der Waals surface area (Å²) in [5.74, 6) is 2.61. The van der Waals surface area contributed by atoms with Crippen LogP contribution in [0.3, 0.4) is 0 Å². The van der Waals surface area contributed by atoms with E-state index in [1.54, 1.807) is 0 Å². The molecule has 2 bridgehead atoms. The molecule has 0 aliphatic heterocycles. The lowest BCUT2D eigenvalue weighted by Crippen LogP contribution is -2.35. The zero-order chi connectivity index (χ0) is 11.3. The molecule has 16 heavy (non-hydrogen) atoms. The molecule has 2 atom stereocenters. The fourth-order valence-electron chi connectivity index (χ4n) is 3.03. The predicted octanol–water partition coefficient (Wildman–Crippen LogP) is 2.93. The van der Waals surface area contributed by atoms with Crippen LogP contribution in [0, 0.1) is 0 Å². The fourth-order valence-corrected chi connectivity index (χ4v) is 3.03. The van der Waals surface area contributed by atoms with Gasteiger partial charge in [-0.25, -0.2) is 0 Å². The van der Waals surface area contributed by atoms with Crippen molar-refractivity contribution < 1.29 is 4.52 Å². The van der Waals surface area contributed by atoms with Crippen LogP contribution in [0.25, 0.3) is 0 Å². The molecular weight excluding hydrogens is 200 g/mol. The molecule has 1 aromatic rings. The monoisotopic (exact) mass is 220 g/mol. The van der Waals surface area contributed by atoms with Crippen LogP contribution in [0.1, 0.15) is 68.9 Å². The van der Waals surface area contributed by atoms with Gasteiger partial charge in [0.1, 0.15) is 11.5 Å². The molecule has 0 spiro atoms. The van der Waals surface area contributed by atoms with Gasteiger partial charge in [-0.3, -0.25) is 0 Å². The molecule has 1 saturated carbocycles. The quantitative estimate of drug-likeness (QED) is 0.832. The molecule has 1 fully saturated rings. The second-order valence-corrected chi connectivity index (χ2v) is 6.22. The van der Waals surface area contributed by atoms with Crippen LogP contribution < -0.4 is 5.32 Å². The number of rotatable bonds is 2. The lowest BCUT2D eigenvalue weighted by molar-refractivity contribution is 0.350. The number of nitrogens with one attached hydrogen (secondary N) is 1. The minimum absolute atomic E-state index is 0.142. The molecule has 1 N–H and O–H groups in total. The second-order valence-electron chi connectivity index (χ2n) is 6.22. The lowest BCUT2D eigenvalue weighted by Gasteiger charge is -2.20. The number of hydrogen-bond donors (Lipinski definition) is 1. The van der Waals surface area contributed by atoms with Crippen molar-refractivity contribution in [2.24, 2.45) is 0 Å². The van der Waals surface area contributed by atoms with Crippen molar-refractivity contribution in [3.8, 4) is 0 Å². The van der Waals surface area contributed by atoms with E-state index in [2.05, 4.69) is 31.2 Å². The highest BCUT2D eigenvalue weighted by Crippen LogP contribution is 2.54. The van der Waals surface area contributed by atoms with E-state index in [1.807, 2.05) is 0 Å². The van der Waals surface area contributed by atoms with Gasteiger partial charge in [0.2, 0.25) is 0 Å². The summed E-state index contributed by atoms with van der Waals surface area (Å²) in [4.78, 5) is 0. The number of nitrogens with zero attached hydrogens (tertiary/aromatic N) is 1. The Morgan fingerprint density at radius 1 is 1.31 bits per heavy atom. The highest BCUT2D eigenvalue weighted by Gasteiger charge is 2.42. The van der Waals surface area contributed by atoms with Crippen molar-refractivity contribution in [2.75, 3.05) is 0 Å². The molecule has 2 aliphatic carbocycles. The Labute approximate surface area is 96.6 Å². The standard InChI is InChI=1S/C13H20N2O/c1-13(2,3)14-7-10-11-8-4-5-9(6-8)12(11)16-15-10/h8-9,14H,4-7H2,1-3H3. The topological polar surface area (TPSA) is 38.1 Å². The predicted molar refractivity (Wildman–Crippen MR) is 62.4 cm³/mol. The Morgan fingerprint density at radius 3 is 2.81 bits per heavy atom. The third kappa shape index (κ3) is 1.58. The Kier molecular flexibility index (Phi) is 2.15. The Morgan fingerprint density at radius 2 is 2.06 bits per heavy atom. The zero-order valence-electron chi connectivity index (χ0n) is 10.3. The Hall–Kier alpha value is -0.830. The maximum atomic E-state index is 5.52. The van der Waals surface area contributed by atoms with Gasteiger partial charge in [-0.2, -0.15) is 0 Å². The van der Waals surface area contributed by atoms with Crippen molar-refractivity contribution in [1.29, 1.82) is 0 Å². The summed E-state index contributed by atoms with van der Waals surface area (Å²) in [5.41, 5.74) is 2.73. The van der Waals surface area contributed by atoms with Crippen LogP contribution in [-0.4, -0.2) is 10.7 Å². The van der Waals surface area contributed by atoms with Crippen molar-refractivity contribution in [3.63, 3.8) is 0 Å². The van der Waals surface area contributed by atoms with Crippen LogP contribution in [0.4, 0.5) is 0 Å². The highest BCUT2D eigenvalue weighted by molar-refractivity contribution is 5.37. The summed E-state index contributed by atoms with van der Waals surface area (Å²) in [6.45, 7) is 7.38. The van der Waals surface area contributed by atoms with E-state index in [1.165, 1.54) is 30.6 Å². The summed E-state index contributed by atoms with van der Waals surface area (Å²) < 4.78 is 5.52. The zero-order valence-corrected chi connectivity index (χ0v) is 10.3. The average Bonchev–Trinajstić information content (AvgIpc) is 2.86. The summed E-state index contributed by atoms with van der Waals surface area (Å²) >= 11 is 0. The Bertz CT molecular complexity index is 403. The molecule has 1 aromatic heterocycles. The van der Waals surface area contributed by atoms with E-state index in [4.69, 9.17) is 4.52 Å². The SMILES string of the molecule is CC(C)(C)NCc1noc2c1C1CCC2C1. The van der Waals surface area contributed by atoms with E-state index in [9.17, 15) is 0 Å². The molecule has 3 rings (SSSR count). The van der Waals surface area contributed by atoms with Gasteiger partial charge in [0.05, 0.1) is 0 Å². The van der Waals surface area contributed by atoms with Gasteiger partial charge in [0, 0.05) is 23.6 Å². The lowest BCUT2D eigenvalue weighted by atomic mass is 9.96. The molecule has 0 radical (unpaired) electrons. The van der Waals surface area contributed by atoms with Gasteiger partial charge in [-0.15, -0.1) is 0 Å². The summed E-state index contributed by atoms with van der Waals surface area (Å²) in [6.07, 6.45) is 3.94. The summed E-state index contributed by atoms with van der Waals surface area (Å²) in [5, 5.41) is 7.74. The van der Waals surface area contributed by atoms with E-state index in [0.717, 1.165) is 18.2 Å². The van der Waals surface area contributed by atoms with Gasteiger partial charge < -0.3 is 9.84 Å². The first-order valence-corrected chi connectivity index (χ1v) is 6.28. The average molecular weight is 220 g/mol. The number of hydrogen-bond acceptors (Lipinski definition) is 3. The van der Waals surface area contributed by atoms with Crippen LogP contribution in [0.2, 0.25) is 0 Å². The number of aromatic nitrogens is 1. The number of fused-ring (bicyclic) bond motifs is 5. The van der Waals surface area contributed by atoms with E-state index in [0.29, 0.717) is 5.92 Å². The third-order valence-electron chi connectivity index (χ3n) is 3.83. The van der Waals surface area contributed by atoms with Crippen molar-refractivity contribution >= 4 is 0 Å². The second kappa shape index (κ2) is 3.33. The van der Waals surface area contributed by atoms with Crippen LogP contribution in [0.5, 0.6) is 0 Å². The summed E-state index contributed by atoms with van der Waals surface area (Å²) in [6, 6.07) is 0. The normalized spacial score (nSPS) is 27.4. The molecule has 0 amide bonds. The third-order valence-corrected chi connectivity index (χ3v) is 3.83. The van der Waals surface area contributed by atoms with E-state index < -0.39 is 0 Å². The van der Waals surface area contributed by atoms with Crippen molar-refractivity contribution in [3.05, 3.63) is 17.0 Å². The van der Waals surface area contributed by atoms with Gasteiger partial charge in [-0.1, -0.05) is 5.16 Å². The molecule has 0 aromatic carbocycles. The molecule has 0 saturated heterocycles. The maximum absolute atomic E-state index is 5.52. The minimum atomic E-state index is 0.142. The first-order valence-electron chi connectivity index (χ1n) is 6.28. The molecular formula is C13H20N2O. The highest BCUT2D eigenvalue weighted by atomic mass is 16.5. The molecule has 3 nitrogen and oxygen atoms in total. The van der Waals surface area contributed by atoms with Crippen LogP contribution in [0.15, 0.2) is 4.52 Å². The van der Waals surface area contributed by atoms with E-state index >= 15 is 0 Å². The first-order chi connectivity index (χ1) is 7.54. The van der Waals surface area contributed by atoms with Crippen molar-refractivity contribution in [2.45, 2.75) is 64.0 Å². The first kappa shape index (κ1) is 10.3. The molecule has 2 aliphatic rings. The molecule has 3 heteroatoms.